The zero-order chi connectivity index (χ0) is 27.4. The summed E-state index contributed by atoms with van der Waals surface area (Å²) in [5.41, 5.74) is 4.12. The number of aryl methyl sites for hydroxylation is 1. The third kappa shape index (κ3) is 6.18. The molecule has 4 aromatic rings. The Morgan fingerprint density at radius 2 is 1.69 bits per heavy atom. The predicted octanol–water partition coefficient (Wildman–Crippen LogP) is 7.97. The van der Waals surface area contributed by atoms with Gasteiger partial charge >= 0.3 is 0 Å². The van der Waals surface area contributed by atoms with Crippen LogP contribution in [0.25, 0.3) is 16.8 Å². The maximum atomic E-state index is 13.0. The third-order valence-electron chi connectivity index (χ3n) is 6.67. The molecule has 0 aliphatic carbocycles. The molecular weight excluding hydrogens is 506 g/mol. The van der Waals surface area contributed by atoms with Crippen LogP contribution in [-0.4, -0.2) is 29.2 Å². The number of nitrogens with zero attached hydrogens (tertiary/aromatic N) is 1. The minimum atomic E-state index is -0.302. The van der Waals surface area contributed by atoms with E-state index in [0.29, 0.717) is 23.2 Å². The van der Waals surface area contributed by atoms with Gasteiger partial charge < -0.3 is 9.47 Å². The molecule has 2 amide bonds. The molecule has 0 saturated carbocycles. The van der Waals surface area contributed by atoms with Crippen LogP contribution in [0.1, 0.15) is 42.0 Å². The van der Waals surface area contributed by atoms with Crippen molar-refractivity contribution >= 4 is 39.8 Å². The van der Waals surface area contributed by atoms with Gasteiger partial charge in [0.2, 0.25) is 0 Å². The quantitative estimate of drug-likeness (QED) is 0.203. The second kappa shape index (κ2) is 11.8. The van der Waals surface area contributed by atoms with E-state index in [9.17, 15) is 9.59 Å². The number of rotatable bonds is 9. The van der Waals surface area contributed by atoms with Crippen molar-refractivity contribution in [3.63, 3.8) is 0 Å². The Hall–Kier alpha value is -4.03. The summed E-state index contributed by atoms with van der Waals surface area (Å²) >= 11 is 0.953. The molecule has 1 heterocycles. The molecule has 5 nitrogen and oxygen atoms in total. The van der Waals surface area contributed by atoms with Crippen LogP contribution in [-0.2, 0) is 11.4 Å². The molecule has 0 aromatic heterocycles. The monoisotopic (exact) mass is 537 g/mol. The Morgan fingerprint density at radius 3 is 2.54 bits per heavy atom. The fraction of sp³-hybridized carbons (Fsp3) is 0.212. The second-order valence-electron chi connectivity index (χ2n) is 9.88. The summed E-state index contributed by atoms with van der Waals surface area (Å²) in [5.74, 6) is 1.51. The van der Waals surface area contributed by atoms with Crippen molar-refractivity contribution in [2.24, 2.45) is 0 Å². The molecule has 198 valence electrons. The summed E-state index contributed by atoms with van der Waals surface area (Å²) in [6.07, 6.45) is 1.74. The number of benzene rings is 4. The molecule has 1 aliphatic heterocycles. The molecule has 0 bridgehead atoms. The van der Waals surface area contributed by atoms with Crippen molar-refractivity contribution < 1.29 is 19.1 Å². The van der Waals surface area contributed by atoms with Crippen LogP contribution in [0.2, 0.25) is 0 Å². The van der Waals surface area contributed by atoms with Crippen LogP contribution in [0.15, 0.2) is 89.8 Å². The van der Waals surface area contributed by atoms with Gasteiger partial charge in [-0.2, -0.15) is 0 Å². The molecule has 4 aromatic carbocycles. The third-order valence-corrected chi connectivity index (χ3v) is 7.57. The van der Waals surface area contributed by atoms with Gasteiger partial charge in [-0.15, -0.1) is 0 Å². The highest BCUT2D eigenvalue weighted by Crippen LogP contribution is 2.33. The van der Waals surface area contributed by atoms with E-state index in [-0.39, 0.29) is 24.3 Å². The smallest absolute Gasteiger partial charge is 0.293 e. The maximum absolute atomic E-state index is 13.0. The summed E-state index contributed by atoms with van der Waals surface area (Å²) in [5, 5.41) is 2.05. The molecule has 39 heavy (non-hydrogen) atoms. The minimum Gasteiger partial charge on any atom is -0.491 e. The van der Waals surface area contributed by atoms with Gasteiger partial charge in [0.15, 0.2) is 0 Å². The van der Waals surface area contributed by atoms with E-state index in [1.807, 2.05) is 55.5 Å². The van der Waals surface area contributed by atoms with Gasteiger partial charge in [0, 0.05) is 0 Å². The number of amides is 2. The van der Waals surface area contributed by atoms with Gasteiger partial charge in [0.25, 0.3) is 11.1 Å². The van der Waals surface area contributed by atoms with Gasteiger partial charge in [-0.25, -0.2) is 0 Å². The average molecular weight is 538 g/mol. The van der Waals surface area contributed by atoms with Gasteiger partial charge in [-0.05, 0) is 81.9 Å². The van der Waals surface area contributed by atoms with E-state index in [2.05, 4.69) is 50.2 Å². The molecule has 0 N–H and O–H groups in total. The van der Waals surface area contributed by atoms with E-state index in [0.717, 1.165) is 45.2 Å². The van der Waals surface area contributed by atoms with Crippen molar-refractivity contribution in [2.45, 2.75) is 33.3 Å². The zero-order valence-corrected chi connectivity index (χ0v) is 23.2. The Morgan fingerprint density at radius 1 is 0.897 bits per heavy atom. The SMILES string of the molecule is Cc1ccc(C(C)C)c(OCCN2C(=O)S/C(=C\c3cccc(OCc4cccc5ccccc45)c3)C2=O)c1. The molecule has 0 radical (unpaired) electrons. The largest absolute Gasteiger partial charge is 0.491 e. The summed E-state index contributed by atoms with van der Waals surface area (Å²) < 4.78 is 12.1. The van der Waals surface area contributed by atoms with Gasteiger partial charge in [0.1, 0.15) is 24.7 Å². The van der Waals surface area contributed by atoms with Gasteiger partial charge in [-0.1, -0.05) is 80.6 Å². The average Bonchev–Trinajstić information content (AvgIpc) is 3.19. The number of hydrogen-bond donors (Lipinski definition) is 0. The lowest BCUT2D eigenvalue weighted by Gasteiger charge is -2.17. The number of carbonyl (C=O) groups excluding carboxylic acids is 2. The van der Waals surface area contributed by atoms with E-state index in [1.54, 1.807) is 6.08 Å². The summed E-state index contributed by atoms with van der Waals surface area (Å²) in [7, 11) is 0. The van der Waals surface area contributed by atoms with E-state index in [4.69, 9.17) is 9.47 Å². The molecule has 1 aliphatic rings. The van der Waals surface area contributed by atoms with Gasteiger partial charge in [0.05, 0.1) is 11.4 Å². The fourth-order valence-electron chi connectivity index (χ4n) is 4.61. The highest BCUT2D eigenvalue weighted by atomic mass is 32.2. The molecule has 5 rings (SSSR count). The van der Waals surface area contributed by atoms with Crippen LogP contribution in [0, 0.1) is 6.92 Å². The van der Waals surface area contributed by atoms with Crippen LogP contribution in [0.4, 0.5) is 4.79 Å². The van der Waals surface area contributed by atoms with Crippen LogP contribution in [0.5, 0.6) is 11.5 Å². The lowest BCUT2D eigenvalue weighted by atomic mass is 10.0. The van der Waals surface area contributed by atoms with Crippen LogP contribution in [0.3, 0.4) is 0 Å². The maximum Gasteiger partial charge on any atom is 0.293 e. The lowest BCUT2D eigenvalue weighted by Crippen LogP contribution is -2.32. The van der Waals surface area contributed by atoms with Crippen molar-refractivity contribution in [3.05, 3.63) is 112 Å². The number of carbonyl (C=O) groups is 2. The normalized spacial score (nSPS) is 14.6. The number of imide groups is 1. The highest BCUT2D eigenvalue weighted by molar-refractivity contribution is 8.18. The summed E-state index contributed by atoms with van der Waals surface area (Å²) in [6.45, 7) is 7.11. The summed E-state index contributed by atoms with van der Waals surface area (Å²) in [6, 6.07) is 28.1. The number of fused-ring (bicyclic) bond motifs is 1. The number of ether oxygens (including phenoxy) is 2. The molecule has 1 fully saturated rings. The van der Waals surface area contributed by atoms with Crippen LogP contribution < -0.4 is 9.47 Å². The first kappa shape index (κ1) is 26.6. The lowest BCUT2D eigenvalue weighted by molar-refractivity contribution is -0.123. The Labute approximate surface area is 233 Å². The second-order valence-corrected chi connectivity index (χ2v) is 10.9. The Kier molecular flexibility index (Phi) is 8.03. The van der Waals surface area contributed by atoms with E-state index >= 15 is 0 Å². The Bertz CT molecular complexity index is 1550. The molecule has 6 heteroatoms. The van der Waals surface area contributed by atoms with Crippen molar-refractivity contribution in [1.82, 2.24) is 4.90 Å². The fourth-order valence-corrected chi connectivity index (χ4v) is 5.47. The van der Waals surface area contributed by atoms with Crippen molar-refractivity contribution in [2.75, 3.05) is 13.2 Å². The van der Waals surface area contributed by atoms with Crippen molar-refractivity contribution in [3.8, 4) is 11.5 Å². The predicted molar refractivity (Wildman–Crippen MR) is 158 cm³/mol. The first-order chi connectivity index (χ1) is 18.9. The standard InChI is InChI=1S/C33H31NO4S/c1-22(2)28-15-14-23(3)18-30(28)37-17-16-34-32(35)31(39-33(34)36)20-24-8-6-12-27(19-24)38-21-26-11-7-10-25-9-4-5-13-29(25)26/h4-15,18-20,22H,16-17,21H2,1-3H3/b31-20-. The number of thioether (sulfide) groups is 1. The topological polar surface area (TPSA) is 55.8 Å². The molecule has 0 spiro atoms. The molecular formula is C33H31NO4S. The minimum absolute atomic E-state index is 0.196. The van der Waals surface area contributed by atoms with Gasteiger partial charge in [-0.3, -0.25) is 14.5 Å². The highest BCUT2D eigenvalue weighted by Gasteiger charge is 2.34. The van der Waals surface area contributed by atoms with E-state index < -0.39 is 0 Å². The molecule has 0 atom stereocenters. The number of hydrogen-bond acceptors (Lipinski definition) is 5. The Balaban J connectivity index is 1.23. The molecule has 1 saturated heterocycles. The zero-order valence-electron chi connectivity index (χ0n) is 22.3. The van der Waals surface area contributed by atoms with Crippen molar-refractivity contribution in [1.29, 1.82) is 0 Å². The van der Waals surface area contributed by atoms with Crippen LogP contribution >= 0.6 is 11.8 Å². The molecule has 0 unspecified atom stereocenters. The summed E-state index contributed by atoms with van der Waals surface area (Å²) in [4.78, 5) is 27.3. The first-order valence-corrected chi connectivity index (χ1v) is 13.9. The first-order valence-electron chi connectivity index (χ1n) is 13.1. The van der Waals surface area contributed by atoms with E-state index in [1.165, 1.54) is 10.3 Å².